The first-order valence-electron chi connectivity index (χ1n) is 6.06. The van der Waals surface area contributed by atoms with Gasteiger partial charge in [-0.15, -0.1) is 0 Å². The fourth-order valence-electron chi connectivity index (χ4n) is 2.60. The maximum atomic E-state index is 11.5. The van der Waals surface area contributed by atoms with E-state index in [-0.39, 0.29) is 17.5 Å². The van der Waals surface area contributed by atoms with Crippen molar-refractivity contribution >= 4 is 55.7 Å². The number of hydrogen-bond donors (Lipinski definition) is 1. The smallest absolute Gasteiger partial charge is 0.178 e. The number of H-pyrrole nitrogens is 1. The average Bonchev–Trinajstić information content (AvgIpc) is 2.65. The molecule has 0 atom stereocenters. The molecule has 19 heavy (non-hydrogen) atoms. The van der Waals surface area contributed by atoms with Gasteiger partial charge in [0.2, 0.25) is 0 Å². The first-order chi connectivity index (χ1) is 8.96. The van der Waals surface area contributed by atoms with Gasteiger partial charge < -0.3 is 9.55 Å². The number of hydrogen-bond acceptors (Lipinski definition) is 3. The van der Waals surface area contributed by atoms with Gasteiger partial charge in [0.15, 0.2) is 4.77 Å². The van der Waals surface area contributed by atoms with Gasteiger partial charge in [-0.1, -0.05) is 0 Å². The van der Waals surface area contributed by atoms with Crippen molar-refractivity contribution in [1.82, 2.24) is 9.55 Å². The molecule has 1 aromatic heterocycles. The summed E-state index contributed by atoms with van der Waals surface area (Å²) in [5.74, 6) is 0.521. The molecular formula is C12H13IN2O2S2. The van der Waals surface area contributed by atoms with Crippen molar-refractivity contribution < 1.29 is 8.42 Å². The average molecular weight is 408 g/mol. The Hall–Kier alpha value is -0.410. The molecule has 1 fully saturated rings. The topological polar surface area (TPSA) is 54.9 Å². The highest BCUT2D eigenvalue weighted by Gasteiger charge is 2.26. The molecule has 0 amide bonds. The van der Waals surface area contributed by atoms with Crippen LogP contribution in [0.4, 0.5) is 0 Å². The zero-order chi connectivity index (χ0) is 13.6. The van der Waals surface area contributed by atoms with Crippen molar-refractivity contribution in [1.29, 1.82) is 0 Å². The maximum absolute atomic E-state index is 11.5. The summed E-state index contributed by atoms with van der Waals surface area (Å²) >= 11 is 7.65. The molecule has 0 unspecified atom stereocenters. The van der Waals surface area contributed by atoms with Crippen LogP contribution in [0.5, 0.6) is 0 Å². The predicted molar refractivity (Wildman–Crippen MR) is 86.8 cm³/mol. The number of aromatic nitrogens is 2. The summed E-state index contributed by atoms with van der Waals surface area (Å²) in [6, 6.07) is 6.33. The van der Waals surface area contributed by atoms with Crippen LogP contribution in [0, 0.1) is 8.34 Å². The standard InChI is InChI=1S/C12H13IN2O2S2/c13-8-1-2-11-10(7-8)14-12(18)15(11)9-3-5-19(16,17)6-4-9/h1-2,7,9H,3-6H2,(H,14,18). The van der Waals surface area contributed by atoms with Crippen LogP contribution in [0.3, 0.4) is 0 Å². The molecule has 0 spiro atoms. The van der Waals surface area contributed by atoms with Crippen molar-refractivity contribution in [2.75, 3.05) is 11.5 Å². The molecule has 1 aliphatic heterocycles. The third-order valence-electron chi connectivity index (χ3n) is 3.57. The molecule has 0 bridgehead atoms. The zero-order valence-electron chi connectivity index (χ0n) is 10.1. The summed E-state index contributed by atoms with van der Waals surface area (Å²) in [6.45, 7) is 0. The second kappa shape index (κ2) is 4.85. The number of imidazole rings is 1. The molecule has 1 N–H and O–H groups in total. The summed E-state index contributed by atoms with van der Waals surface area (Å²) in [4.78, 5) is 3.21. The second-order valence-corrected chi connectivity index (χ2v) is 8.78. The molecular weight excluding hydrogens is 395 g/mol. The predicted octanol–water partition coefficient (Wildman–Crippen LogP) is 3.05. The van der Waals surface area contributed by atoms with Gasteiger partial charge in [-0.2, -0.15) is 0 Å². The van der Waals surface area contributed by atoms with Crippen LogP contribution < -0.4 is 0 Å². The molecule has 7 heteroatoms. The van der Waals surface area contributed by atoms with E-state index in [0.29, 0.717) is 17.6 Å². The minimum atomic E-state index is -2.84. The Kier molecular flexibility index (Phi) is 3.46. The van der Waals surface area contributed by atoms with Gasteiger partial charge >= 0.3 is 0 Å². The number of benzene rings is 1. The molecule has 3 rings (SSSR count). The minimum Gasteiger partial charge on any atom is -0.331 e. The Morgan fingerprint density at radius 2 is 2.00 bits per heavy atom. The Balaban J connectivity index is 2.06. The van der Waals surface area contributed by atoms with E-state index in [1.54, 1.807) is 0 Å². The summed E-state index contributed by atoms with van der Waals surface area (Å²) in [6.07, 6.45) is 1.30. The van der Waals surface area contributed by atoms with Gasteiger partial charge in [0, 0.05) is 9.61 Å². The molecule has 1 aromatic carbocycles. The highest BCUT2D eigenvalue weighted by molar-refractivity contribution is 14.1. The first kappa shape index (κ1) is 13.6. The van der Waals surface area contributed by atoms with Crippen LogP contribution >= 0.6 is 34.8 Å². The largest absolute Gasteiger partial charge is 0.331 e. The summed E-state index contributed by atoms with van der Waals surface area (Å²) in [5, 5.41) is 0. The van der Waals surface area contributed by atoms with E-state index in [9.17, 15) is 8.42 Å². The number of nitrogens with zero attached hydrogens (tertiary/aromatic N) is 1. The molecule has 4 nitrogen and oxygen atoms in total. The van der Waals surface area contributed by atoms with E-state index in [4.69, 9.17) is 12.2 Å². The van der Waals surface area contributed by atoms with E-state index < -0.39 is 9.84 Å². The molecule has 2 aromatic rings. The number of fused-ring (bicyclic) bond motifs is 1. The Bertz CT molecular complexity index is 778. The van der Waals surface area contributed by atoms with Crippen LogP contribution in [0.1, 0.15) is 18.9 Å². The molecule has 0 saturated carbocycles. The fraction of sp³-hybridized carbons (Fsp3) is 0.417. The van der Waals surface area contributed by atoms with Crippen LogP contribution in [-0.4, -0.2) is 29.5 Å². The van der Waals surface area contributed by atoms with Crippen molar-refractivity contribution in [2.45, 2.75) is 18.9 Å². The molecule has 102 valence electrons. The van der Waals surface area contributed by atoms with Gasteiger partial charge in [-0.3, -0.25) is 0 Å². The number of sulfone groups is 1. The second-order valence-electron chi connectivity index (χ2n) is 4.84. The van der Waals surface area contributed by atoms with E-state index >= 15 is 0 Å². The van der Waals surface area contributed by atoms with Gasteiger partial charge in [-0.05, 0) is 65.8 Å². The molecule has 0 aliphatic carbocycles. The lowest BCUT2D eigenvalue weighted by atomic mass is 10.1. The first-order valence-corrected chi connectivity index (χ1v) is 9.37. The Morgan fingerprint density at radius 1 is 1.32 bits per heavy atom. The Labute approximate surface area is 130 Å². The van der Waals surface area contributed by atoms with Crippen molar-refractivity contribution in [3.63, 3.8) is 0 Å². The van der Waals surface area contributed by atoms with Gasteiger partial charge in [0.05, 0.1) is 22.5 Å². The maximum Gasteiger partial charge on any atom is 0.178 e. The van der Waals surface area contributed by atoms with Crippen molar-refractivity contribution in [3.05, 3.63) is 26.5 Å². The lowest BCUT2D eigenvalue weighted by molar-refractivity contribution is 0.455. The third kappa shape index (κ3) is 2.59. The highest BCUT2D eigenvalue weighted by Crippen LogP contribution is 2.28. The molecule has 1 aliphatic rings. The number of aromatic amines is 1. The van der Waals surface area contributed by atoms with Gasteiger partial charge in [0.25, 0.3) is 0 Å². The van der Waals surface area contributed by atoms with Crippen LogP contribution in [0.2, 0.25) is 0 Å². The van der Waals surface area contributed by atoms with E-state index in [0.717, 1.165) is 14.6 Å². The van der Waals surface area contributed by atoms with Gasteiger partial charge in [-0.25, -0.2) is 8.42 Å². The number of halogens is 1. The summed E-state index contributed by atoms with van der Waals surface area (Å²) in [7, 11) is -2.84. The monoisotopic (exact) mass is 408 g/mol. The summed E-state index contributed by atoms with van der Waals surface area (Å²) < 4.78 is 26.9. The minimum absolute atomic E-state index is 0.185. The van der Waals surface area contributed by atoms with Crippen molar-refractivity contribution in [3.8, 4) is 0 Å². The normalized spacial score (nSPS) is 19.8. The van der Waals surface area contributed by atoms with E-state index in [1.807, 2.05) is 12.1 Å². The fourth-order valence-corrected chi connectivity index (χ4v) is 4.92. The summed E-state index contributed by atoms with van der Waals surface area (Å²) in [5.41, 5.74) is 2.08. The highest BCUT2D eigenvalue weighted by atomic mass is 127. The molecule has 2 heterocycles. The van der Waals surface area contributed by atoms with Gasteiger partial charge in [0.1, 0.15) is 9.84 Å². The zero-order valence-corrected chi connectivity index (χ0v) is 13.9. The third-order valence-corrected chi connectivity index (χ3v) is 6.25. The quantitative estimate of drug-likeness (QED) is 0.583. The lowest BCUT2D eigenvalue weighted by Crippen LogP contribution is -2.25. The number of nitrogens with one attached hydrogen (secondary N) is 1. The van der Waals surface area contributed by atoms with Crippen LogP contribution in [0.25, 0.3) is 11.0 Å². The van der Waals surface area contributed by atoms with Crippen LogP contribution in [0.15, 0.2) is 18.2 Å². The van der Waals surface area contributed by atoms with E-state index in [1.165, 1.54) is 0 Å². The van der Waals surface area contributed by atoms with Crippen LogP contribution in [-0.2, 0) is 9.84 Å². The SMILES string of the molecule is O=S1(=O)CCC(n2c(=S)[nH]c3cc(I)ccc32)CC1. The Morgan fingerprint density at radius 3 is 2.68 bits per heavy atom. The number of rotatable bonds is 1. The van der Waals surface area contributed by atoms with Crippen molar-refractivity contribution in [2.24, 2.45) is 0 Å². The van der Waals surface area contributed by atoms with E-state index in [2.05, 4.69) is 38.2 Å². The molecule has 0 radical (unpaired) electrons. The molecule has 1 saturated heterocycles. The lowest BCUT2D eigenvalue weighted by Gasteiger charge is -2.23.